The number of carbonyl (C=O) groups excluding carboxylic acids is 1. The van der Waals surface area contributed by atoms with Crippen LogP contribution in [0, 0.1) is 0 Å². The Morgan fingerprint density at radius 2 is 1.96 bits per heavy atom. The highest BCUT2D eigenvalue weighted by atomic mass is 79.9. The molecule has 2 aromatic carbocycles. The van der Waals surface area contributed by atoms with Gasteiger partial charge in [0.2, 0.25) is 5.91 Å². The van der Waals surface area contributed by atoms with Gasteiger partial charge in [0.25, 0.3) is 0 Å². The number of nitrogens with one attached hydrogen (secondary N) is 1. The van der Waals surface area contributed by atoms with Gasteiger partial charge in [-0.3, -0.25) is 4.79 Å². The number of H-pyrrole nitrogens is 1. The van der Waals surface area contributed by atoms with E-state index in [1.54, 1.807) is 29.2 Å². The van der Waals surface area contributed by atoms with Crippen molar-refractivity contribution in [1.29, 1.82) is 0 Å². The highest BCUT2D eigenvalue weighted by molar-refractivity contribution is 9.10. The van der Waals surface area contributed by atoms with Gasteiger partial charge in [-0.1, -0.05) is 52.0 Å². The lowest BCUT2D eigenvalue weighted by Gasteiger charge is -2.09. The van der Waals surface area contributed by atoms with E-state index in [-0.39, 0.29) is 0 Å². The third-order valence-corrected chi connectivity index (χ3v) is 6.29. The van der Waals surface area contributed by atoms with Gasteiger partial charge < -0.3 is 10.7 Å². The Hall–Kier alpha value is -2.02. The molecule has 0 radical (unpaired) electrons. The molecule has 0 atom stereocenters. The van der Waals surface area contributed by atoms with Gasteiger partial charge in [-0.2, -0.15) is 0 Å². The number of hydrogen-bond donors (Lipinski definition) is 2. The molecule has 3 N–H and O–H groups in total. The second-order valence-corrected chi connectivity index (χ2v) is 8.38. The predicted molar refractivity (Wildman–Crippen MR) is 108 cm³/mol. The largest absolute Gasteiger partial charge is 0.366 e. The fraction of sp³-hybridized carbons (Fsp3) is 0. The van der Waals surface area contributed by atoms with Crippen LogP contribution in [-0.4, -0.2) is 10.9 Å². The van der Waals surface area contributed by atoms with Crippen molar-refractivity contribution in [2.45, 2.75) is 9.79 Å². The van der Waals surface area contributed by atoms with E-state index in [9.17, 15) is 4.79 Å². The molecule has 2 heterocycles. The van der Waals surface area contributed by atoms with Crippen LogP contribution in [0.5, 0.6) is 0 Å². The quantitative estimate of drug-likeness (QED) is 0.424. The number of primary amides is 1. The molecule has 0 aliphatic carbocycles. The molecule has 0 spiro atoms. The molecule has 2 aromatic heterocycles. The van der Waals surface area contributed by atoms with E-state index in [1.807, 2.05) is 30.3 Å². The molecule has 124 valence electrons. The summed E-state index contributed by atoms with van der Waals surface area (Å²) in [5.41, 5.74) is 7.86. The number of thiophene rings is 1. The van der Waals surface area contributed by atoms with Gasteiger partial charge >= 0.3 is 0 Å². The van der Waals surface area contributed by atoms with Crippen LogP contribution in [0.2, 0.25) is 0 Å². The number of nitrogens with two attached hydrogens (primary N) is 1. The normalized spacial score (nSPS) is 11.1. The molecule has 0 aliphatic rings. The number of benzene rings is 2. The maximum atomic E-state index is 11.9. The summed E-state index contributed by atoms with van der Waals surface area (Å²) in [7, 11) is 0. The Morgan fingerprint density at radius 1 is 1.12 bits per heavy atom. The van der Waals surface area contributed by atoms with E-state index in [2.05, 4.69) is 44.5 Å². The zero-order chi connectivity index (χ0) is 17.4. The van der Waals surface area contributed by atoms with Crippen LogP contribution in [0.15, 0.2) is 74.2 Å². The van der Waals surface area contributed by atoms with Crippen LogP contribution < -0.4 is 5.73 Å². The lowest BCUT2D eigenvalue weighted by molar-refractivity contribution is 0.100. The van der Waals surface area contributed by atoms with Crippen molar-refractivity contribution in [2.75, 3.05) is 0 Å². The lowest BCUT2D eigenvalue weighted by atomic mass is 10.0. The number of fused-ring (bicyclic) bond motifs is 1. The topological polar surface area (TPSA) is 58.9 Å². The fourth-order valence-corrected chi connectivity index (χ4v) is 5.27. The van der Waals surface area contributed by atoms with Gasteiger partial charge in [-0.25, -0.2) is 0 Å². The summed E-state index contributed by atoms with van der Waals surface area (Å²) in [5.74, 6) is -0.424. The summed E-state index contributed by atoms with van der Waals surface area (Å²) in [6.45, 7) is 0. The Labute approximate surface area is 161 Å². The molecule has 0 aliphatic heterocycles. The monoisotopic (exact) mass is 428 g/mol. The first kappa shape index (κ1) is 16.4. The first-order valence-corrected chi connectivity index (χ1v) is 10.0. The Kier molecular flexibility index (Phi) is 4.41. The van der Waals surface area contributed by atoms with Crippen molar-refractivity contribution < 1.29 is 4.79 Å². The number of aromatic nitrogens is 1. The minimum Gasteiger partial charge on any atom is -0.366 e. The van der Waals surface area contributed by atoms with E-state index in [1.165, 1.54) is 0 Å². The summed E-state index contributed by atoms with van der Waals surface area (Å²) < 4.78 is 1.04. The molecule has 0 saturated heterocycles. The smallest absolute Gasteiger partial charge is 0.249 e. The molecular weight excluding hydrogens is 416 g/mol. The Balaban J connectivity index is 1.91. The second-order valence-electron chi connectivity index (χ2n) is 5.46. The van der Waals surface area contributed by atoms with Gasteiger partial charge in [-0.15, -0.1) is 11.3 Å². The highest BCUT2D eigenvalue weighted by Crippen LogP contribution is 2.43. The van der Waals surface area contributed by atoms with Crippen LogP contribution in [0.25, 0.3) is 21.5 Å². The SMILES string of the molecule is NC(=O)c1ccccc1-c1[nH]c2sccc2c1Sc1cccc(Br)c1. The second kappa shape index (κ2) is 6.71. The predicted octanol–water partition coefficient (Wildman–Crippen LogP) is 5.91. The van der Waals surface area contributed by atoms with Crippen molar-refractivity contribution in [1.82, 2.24) is 4.98 Å². The van der Waals surface area contributed by atoms with E-state index in [4.69, 9.17) is 5.73 Å². The first-order valence-electron chi connectivity index (χ1n) is 7.55. The van der Waals surface area contributed by atoms with Gasteiger partial charge in [0.15, 0.2) is 0 Å². The molecule has 0 fully saturated rings. The summed E-state index contributed by atoms with van der Waals surface area (Å²) >= 11 is 6.85. The van der Waals surface area contributed by atoms with Gasteiger partial charge in [0, 0.05) is 30.8 Å². The molecule has 0 saturated carbocycles. The van der Waals surface area contributed by atoms with Crippen LogP contribution in [-0.2, 0) is 0 Å². The van der Waals surface area contributed by atoms with Gasteiger partial charge in [0.05, 0.1) is 5.69 Å². The molecule has 4 aromatic rings. The maximum absolute atomic E-state index is 11.9. The van der Waals surface area contributed by atoms with Crippen molar-refractivity contribution in [3.63, 3.8) is 0 Å². The van der Waals surface area contributed by atoms with Crippen LogP contribution in [0.4, 0.5) is 0 Å². The van der Waals surface area contributed by atoms with Crippen LogP contribution in [0.3, 0.4) is 0 Å². The van der Waals surface area contributed by atoms with Crippen molar-refractivity contribution in [2.24, 2.45) is 5.73 Å². The first-order chi connectivity index (χ1) is 12.1. The molecule has 6 heteroatoms. The van der Waals surface area contributed by atoms with Crippen molar-refractivity contribution >= 4 is 55.2 Å². The van der Waals surface area contributed by atoms with E-state index in [0.717, 1.165) is 35.7 Å². The third-order valence-electron chi connectivity index (χ3n) is 3.85. The van der Waals surface area contributed by atoms with Gasteiger partial charge in [-0.05, 0) is 35.7 Å². The molecule has 4 rings (SSSR count). The molecule has 1 amide bonds. The zero-order valence-electron chi connectivity index (χ0n) is 13.0. The Bertz CT molecular complexity index is 1080. The number of aromatic amines is 1. The van der Waals surface area contributed by atoms with Crippen molar-refractivity contribution in [3.8, 4) is 11.3 Å². The average molecular weight is 429 g/mol. The summed E-state index contributed by atoms with van der Waals surface area (Å²) in [4.78, 5) is 18.6. The lowest BCUT2D eigenvalue weighted by Crippen LogP contribution is -2.12. The number of carbonyl (C=O) groups is 1. The van der Waals surface area contributed by atoms with E-state index >= 15 is 0 Å². The van der Waals surface area contributed by atoms with E-state index < -0.39 is 5.91 Å². The summed E-state index contributed by atoms with van der Waals surface area (Å²) in [6.07, 6.45) is 0. The third kappa shape index (κ3) is 3.13. The molecule has 0 unspecified atom stereocenters. The fourth-order valence-electron chi connectivity index (χ4n) is 2.75. The number of amides is 1. The average Bonchev–Trinajstić information content (AvgIpc) is 3.17. The molecular formula is C19H13BrN2OS2. The van der Waals surface area contributed by atoms with Crippen molar-refractivity contribution in [3.05, 3.63) is 70.0 Å². The number of rotatable bonds is 4. The zero-order valence-corrected chi connectivity index (χ0v) is 16.2. The van der Waals surface area contributed by atoms with Crippen LogP contribution in [0.1, 0.15) is 10.4 Å². The summed E-state index contributed by atoms with van der Waals surface area (Å²) in [5, 5.41) is 3.22. The van der Waals surface area contributed by atoms with Gasteiger partial charge in [0.1, 0.15) is 4.83 Å². The molecule has 0 bridgehead atoms. The Morgan fingerprint density at radius 3 is 2.76 bits per heavy atom. The van der Waals surface area contributed by atoms with E-state index in [0.29, 0.717) is 5.56 Å². The standard InChI is InChI=1S/C19H13BrN2OS2/c20-11-4-3-5-12(10-11)25-17-15-8-9-24-19(15)22-16(17)13-6-1-2-7-14(13)18(21)23/h1-10,22H,(H2,21,23). The van der Waals surface area contributed by atoms with Crippen LogP contribution >= 0.6 is 39.0 Å². The molecule has 3 nitrogen and oxygen atoms in total. The highest BCUT2D eigenvalue weighted by Gasteiger charge is 2.19. The maximum Gasteiger partial charge on any atom is 0.249 e. The minimum absolute atomic E-state index is 0.424. The summed E-state index contributed by atoms with van der Waals surface area (Å²) in [6, 6.07) is 17.7. The number of hydrogen-bond acceptors (Lipinski definition) is 3. The molecule has 25 heavy (non-hydrogen) atoms. The number of halogens is 1. The minimum atomic E-state index is -0.424.